The van der Waals surface area contributed by atoms with Gasteiger partial charge in [-0.2, -0.15) is 0 Å². The number of para-hydroxylation sites is 1. The molecule has 94 valence electrons. The van der Waals surface area contributed by atoms with Crippen molar-refractivity contribution in [2.24, 2.45) is 0 Å². The SMILES string of the molecule is CCCCNC(=O)NC(C)c1ccccc1N. The van der Waals surface area contributed by atoms with E-state index in [9.17, 15) is 4.79 Å². The number of anilines is 1. The average molecular weight is 235 g/mol. The van der Waals surface area contributed by atoms with Gasteiger partial charge >= 0.3 is 6.03 Å². The number of nitrogens with two attached hydrogens (primary N) is 1. The van der Waals surface area contributed by atoms with Gasteiger partial charge in [-0.3, -0.25) is 0 Å². The number of nitrogens with one attached hydrogen (secondary N) is 2. The zero-order valence-corrected chi connectivity index (χ0v) is 10.5. The summed E-state index contributed by atoms with van der Waals surface area (Å²) >= 11 is 0. The first-order valence-corrected chi connectivity index (χ1v) is 6.04. The number of carbonyl (C=O) groups excluding carboxylic acids is 1. The van der Waals surface area contributed by atoms with Gasteiger partial charge in [-0.1, -0.05) is 31.5 Å². The van der Waals surface area contributed by atoms with E-state index in [0.717, 1.165) is 18.4 Å². The normalized spacial score (nSPS) is 11.9. The lowest BCUT2D eigenvalue weighted by Crippen LogP contribution is -2.37. The fourth-order valence-electron chi connectivity index (χ4n) is 1.61. The molecule has 0 aliphatic heterocycles. The van der Waals surface area contributed by atoms with Gasteiger partial charge in [0.2, 0.25) is 0 Å². The van der Waals surface area contributed by atoms with Crippen molar-refractivity contribution >= 4 is 11.7 Å². The highest BCUT2D eigenvalue weighted by atomic mass is 16.2. The van der Waals surface area contributed by atoms with Gasteiger partial charge in [0.15, 0.2) is 0 Å². The Balaban J connectivity index is 2.46. The van der Waals surface area contributed by atoms with E-state index in [1.807, 2.05) is 31.2 Å². The van der Waals surface area contributed by atoms with Crippen LogP contribution in [0.2, 0.25) is 0 Å². The summed E-state index contributed by atoms with van der Waals surface area (Å²) in [5.74, 6) is 0. The van der Waals surface area contributed by atoms with E-state index < -0.39 is 0 Å². The zero-order valence-electron chi connectivity index (χ0n) is 10.5. The highest BCUT2D eigenvalue weighted by Crippen LogP contribution is 2.18. The fraction of sp³-hybridized carbons (Fsp3) is 0.462. The smallest absolute Gasteiger partial charge is 0.315 e. The maximum absolute atomic E-state index is 11.5. The Hall–Kier alpha value is -1.71. The van der Waals surface area contributed by atoms with Crippen LogP contribution >= 0.6 is 0 Å². The molecular weight excluding hydrogens is 214 g/mol. The van der Waals surface area contributed by atoms with Crippen LogP contribution in [0.1, 0.15) is 38.3 Å². The number of hydrogen-bond donors (Lipinski definition) is 3. The number of urea groups is 1. The van der Waals surface area contributed by atoms with E-state index in [4.69, 9.17) is 5.73 Å². The van der Waals surface area contributed by atoms with Gasteiger partial charge in [-0.25, -0.2) is 4.79 Å². The Morgan fingerprint density at radius 1 is 1.41 bits per heavy atom. The van der Waals surface area contributed by atoms with E-state index in [2.05, 4.69) is 17.6 Å². The summed E-state index contributed by atoms with van der Waals surface area (Å²) < 4.78 is 0. The van der Waals surface area contributed by atoms with Crippen molar-refractivity contribution in [2.75, 3.05) is 12.3 Å². The van der Waals surface area contributed by atoms with Crippen molar-refractivity contribution in [1.29, 1.82) is 0 Å². The molecule has 2 amide bonds. The summed E-state index contributed by atoms with van der Waals surface area (Å²) in [5.41, 5.74) is 7.49. The van der Waals surface area contributed by atoms with Crippen LogP contribution < -0.4 is 16.4 Å². The summed E-state index contributed by atoms with van der Waals surface area (Å²) in [5, 5.41) is 5.68. The maximum Gasteiger partial charge on any atom is 0.315 e. The molecular formula is C13H21N3O. The second-order valence-electron chi connectivity index (χ2n) is 4.10. The van der Waals surface area contributed by atoms with E-state index in [1.165, 1.54) is 0 Å². The first kappa shape index (κ1) is 13.4. The molecule has 1 aromatic rings. The van der Waals surface area contributed by atoms with Crippen molar-refractivity contribution in [3.63, 3.8) is 0 Å². The second kappa shape index (κ2) is 6.78. The third-order valence-corrected chi connectivity index (χ3v) is 2.63. The minimum Gasteiger partial charge on any atom is -0.398 e. The first-order valence-electron chi connectivity index (χ1n) is 6.04. The van der Waals surface area contributed by atoms with Crippen LogP contribution in [-0.2, 0) is 0 Å². The maximum atomic E-state index is 11.5. The zero-order chi connectivity index (χ0) is 12.7. The first-order chi connectivity index (χ1) is 8.15. The van der Waals surface area contributed by atoms with Gasteiger partial charge < -0.3 is 16.4 Å². The highest BCUT2D eigenvalue weighted by molar-refractivity contribution is 5.74. The molecule has 1 rings (SSSR count). The molecule has 0 fully saturated rings. The Labute approximate surface area is 103 Å². The van der Waals surface area contributed by atoms with E-state index in [1.54, 1.807) is 0 Å². The van der Waals surface area contributed by atoms with E-state index >= 15 is 0 Å². The molecule has 0 aliphatic rings. The van der Waals surface area contributed by atoms with Crippen LogP contribution in [-0.4, -0.2) is 12.6 Å². The van der Waals surface area contributed by atoms with Crippen LogP contribution in [0.15, 0.2) is 24.3 Å². The molecule has 1 atom stereocenters. The van der Waals surface area contributed by atoms with Gasteiger partial charge in [-0.05, 0) is 25.0 Å². The van der Waals surface area contributed by atoms with Gasteiger partial charge in [0.05, 0.1) is 6.04 Å². The predicted molar refractivity (Wildman–Crippen MR) is 70.7 cm³/mol. The third-order valence-electron chi connectivity index (χ3n) is 2.63. The van der Waals surface area contributed by atoms with Crippen molar-refractivity contribution in [2.45, 2.75) is 32.7 Å². The van der Waals surface area contributed by atoms with Crippen LogP contribution in [0, 0.1) is 0 Å². The van der Waals surface area contributed by atoms with Crippen molar-refractivity contribution < 1.29 is 4.79 Å². The van der Waals surface area contributed by atoms with Crippen molar-refractivity contribution in [3.05, 3.63) is 29.8 Å². The second-order valence-corrected chi connectivity index (χ2v) is 4.10. The molecule has 0 aliphatic carbocycles. The Bertz CT molecular complexity index is 365. The number of rotatable bonds is 5. The molecule has 1 aromatic carbocycles. The molecule has 0 radical (unpaired) electrons. The summed E-state index contributed by atoms with van der Waals surface area (Å²) in [7, 11) is 0. The molecule has 0 spiro atoms. The Morgan fingerprint density at radius 2 is 2.12 bits per heavy atom. The number of unbranched alkanes of at least 4 members (excludes halogenated alkanes) is 1. The average Bonchev–Trinajstić information content (AvgIpc) is 2.29. The molecule has 0 saturated carbocycles. The van der Waals surface area contributed by atoms with Crippen LogP contribution in [0.5, 0.6) is 0 Å². The molecule has 4 heteroatoms. The molecule has 4 N–H and O–H groups in total. The lowest BCUT2D eigenvalue weighted by Gasteiger charge is -2.16. The topological polar surface area (TPSA) is 67.2 Å². The Morgan fingerprint density at radius 3 is 2.76 bits per heavy atom. The largest absolute Gasteiger partial charge is 0.398 e. The van der Waals surface area contributed by atoms with E-state index in [-0.39, 0.29) is 12.1 Å². The standard InChI is InChI=1S/C13H21N3O/c1-3-4-9-15-13(17)16-10(2)11-7-5-6-8-12(11)14/h5-8,10H,3-4,9,14H2,1-2H3,(H2,15,16,17). The third kappa shape index (κ3) is 4.34. The fourth-order valence-corrected chi connectivity index (χ4v) is 1.61. The van der Waals surface area contributed by atoms with Gasteiger partial charge in [-0.15, -0.1) is 0 Å². The van der Waals surface area contributed by atoms with Gasteiger partial charge in [0.25, 0.3) is 0 Å². The quantitative estimate of drug-likeness (QED) is 0.542. The molecule has 0 bridgehead atoms. The minimum atomic E-state index is -0.144. The van der Waals surface area contributed by atoms with Crippen LogP contribution in [0.3, 0.4) is 0 Å². The molecule has 17 heavy (non-hydrogen) atoms. The molecule has 4 nitrogen and oxygen atoms in total. The van der Waals surface area contributed by atoms with E-state index in [0.29, 0.717) is 12.2 Å². The molecule has 1 unspecified atom stereocenters. The number of nitrogen functional groups attached to an aromatic ring is 1. The summed E-state index contributed by atoms with van der Waals surface area (Å²) in [6.07, 6.45) is 2.07. The van der Waals surface area contributed by atoms with Gasteiger partial charge in [0, 0.05) is 12.2 Å². The molecule has 0 aromatic heterocycles. The predicted octanol–water partition coefficient (Wildman–Crippen LogP) is 2.43. The number of carbonyl (C=O) groups is 1. The Kier molecular flexibility index (Phi) is 5.33. The lowest BCUT2D eigenvalue weighted by atomic mass is 10.1. The lowest BCUT2D eigenvalue weighted by molar-refractivity contribution is 0.238. The monoisotopic (exact) mass is 235 g/mol. The number of benzene rings is 1. The molecule has 0 heterocycles. The highest BCUT2D eigenvalue weighted by Gasteiger charge is 2.10. The summed E-state index contributed by atoms with van der Waals surface area (Å²) in [4.78, 5) is 11.5. The van der Waals surface area contributed by atoms with Crippen LogP contribution in [0.4, 0.5) is 10.5 Å². The van der Waals surface area contributed by atoms with Crippen molar-refractivity contribution in [1.82, 2.24) is 10.6 Å². The number of hydrogen-bond acceptors (Lipinski definition) is 2. The minimum absolute atomic E-state index is 0.0853. The summed E-state index contributed by atoms with van der Waals surface area (Å²) in [6.45, 7) is 4.72. The van der Waals surface area contributed by atoms with Crippen LogP contribution in [0.25, 0.3) is 0 Å². The van der Waals surface area contributed by atoms with Crippen molar-refractivity contribution in [3.8, 4) is 0 Å². The summed E-state index contributed by atoms with van der Waals surface area (Å²) in [6, 6.07) is 7.33. The molecule has 0 saturated heterocycles. The van der Waals surface area contributed by atoms with Gasteiger partial charge in [0.1, 0.15) is 0 Å². The number of amides is 2.